The van der Waals surface area contributed by atoms with Crippen molar-refractivity contribution in [3.8, 4) is 0 Å². The molecule has 0 heterocycles. The zero-order valence-electron chi connectivity index (χ0n) is 10.0. The molecule has 1 unspecified atom stereocenters. The standard InChI is InChI=1S/C14H18ClFO/c1-9-7-11(15)8-12(13(9)16)14(17)10-5-3-2-4-6-10/h7-8,10,14,17H,2-6H2,1H3. The van der Waals surface area contributed by atoms with Crippen LogP contribution in [0.5, 0.6) is 0 Å². The molecule has 0 radical (unpaired) electrons. The van der Waals surface area contributed by atoms with Crippen molar-refractivity contribution in [1.29, 1.82) is 0 Å². The second-order valence-electron chi connectivity index (χ2n) is 4.97. The monoisotopic (exact) mass is 256 g/mol. The highest BCUT2D eigenvalue weighted by Gasteiger charge is 2.26. The topological polar surface area (TPSA) is 20.2 Å². The van der Waals surface area contributed by atoms with Gasteiger partial charge in [-0.05, 0) is 43.4 Å². The quantitative estimate of drug-likeness (QED) is 0.832. The Labute approximate surface area is 107 Å². The van der Waals surface area contributed by atoms with Crippen LogP contribution in [0.25, 0.3) is 0 Å². The van der Waals surface area contributed by atoms with Crippen LogP contribution >= 0.6 is 11.6 Å². The number of aryl methyl sites for hydroxylation is 1. The number of rotatable bonds is 2. The molecule has 1 aliphatic rings. The van der Waals surface area contributed by atoms with E-state index in [2.05, 4.69) is 0 Å². The van der Waals surface area contributed by atoms with Crippen molar-refractivity contribution in [2.24, 2.45) is 5.92 Å². The van der Waals surface area contributed by atoms with E-state index in [1.807, 2.05) is 0 Å². The predicted molar refractivity (Wildman–Crippen MR) is 67.7 cm³/mol. The lowest BCUT2D eigenvalue weighted by Crippen LogP contribution is -2.17. The average Bonchev–Trinajstić information content (AvgIpc) is 2.34. The summed E-state index contributed by atoms with van der Waals surface area (Å²) in [6, 6.07) is 3.15. The van der Waals surface area contributed by atoms with Crippen LogP contribution in [-0.2, 0) is 0 Å². The molecule has 0 amide bonds. The summed E-state index contributed by atoms with van der Waals surface area (Å²) < 4.78 is 14.0. The predicted octanol–water partition coefficient (Wildman–Crippen LogP) is 4.40. The molecular formula is C14H18ClFO. The summed E-state index contributed by atoms with van der Waals surface area (Å²) in [5.41, 5.74) is 0.865. The average molecular weight is 257 g/mol. The molecule has 0 spiro atoms. The van der Waals surface area contributed by atoms with Gasteiger partial charge in [0.2, 0.25) is 0 Å². The molecule has 17 heavy (non-hydrogen) atoms. The Kier molecular flexibility index (Phi) is 4.05. The summed E-state index contributed by atoms with van der Waals surface area (Å²) in [5, 5.41) is 10.8. The number of hydrogen-bond acceptors (Lipinski definition) is 1. The maximum absolute atomic E-state index is 14.0. The van der Waals surface area contributed by atoms with Gasteiger partial charge in [-0.3, -0.25) is 0 Å². The molecule has 94 valence electrons. The highest BCUT2D eigenvalue weighted by atomic mass is 35.5. The molecule has 0 bridgehead atoms. The molecule has 0 aliphatic heterocycles. The Bertz CT molecular complexity index is 399. The van der Waals surface area contributed by atoms with E-state index in [1.54, 1.807) is 19.1 Å². The normalized spacial score (nSPS) is 19.3. The summed E-state index contributed by atoms with van der Waals surface area (Å²) in [6.45, 7) is 1.68. The third-order valence-electron chi connectivity index (χ3n) is 3.66. The van der Waals surface area contributed by atoms with Crippen molar-refractivity contribution in [2.75, 3.05) is 0 Å². The van der Waals surface area contributed by atoms with E-state index in [1.165, 1.54) is 6.42 Å². The summed E-state index contributed by atoms with van der Waals surface area (Å²) >= 11 is 5.93. The molecule has 3 heteroatoms. The fourth-order valence-corrected chi connectivity index (χ4v) is 2.95. The zero-order valence-corrected chi connectivity index (χ0v) is 10.8. The van der Waals surface area contributed by atoms with Gasteiger partial charge in [-0.2, -0.15) is 0 Å². The van der Waals surface area contributed by atoms with Gasteiger partial charge in [0.25, 0.3) is 0 Å². The molecule has 1 saturated carbocycles. The number of aliphatic hydroxyl groups excluding tert-OH is 1. The van der Waals surface area contributed by atoms with Gasteiger partial charge in [0.15, 0.2) is 0 Å². The lowest BCUT2D eigenvalue weighted by Gasteiger charge is -2.27. The third-order valence-corrected chi connectivity index (χ3v) is 3.88. The van der Waals surface area contributed by atoms with E-state index < -0.39 is 6.10 Å². The highest BCUT2D eigenvalue weighted by Crippen LogP contribution is 2.36. The highest BCUT2D eigenvalue weighted by molar-refractivity contribution is 6.30. The Balaban J connectivity index is 2.26. The summed E-state index contributed by atoms with van der Waals surface area (Å²) in [7, 11) is 0. The Morgan fingerprint density at radius 3 is 2.59 bits per heavy atom. The van der Waals surface area contributed by atoms with Crippen LogP contribution in [0.3, 0.4) is 0 Å². The molecular weight excluding hydrogens is 239 g/mol. The molecule has 1 atom stereocenters. The van der Waals surface area contributed by atoms with Gasteiger partial charge in [-0.25, -0.2) is 4.39 Å². The van der Waals surface area contributed by atoms with Crippen molar-refractivity contribution in [1.82, 2.24) is 0 Å². The van der Waals surface area contributed by atoms with Crippen LogP contribution in [0.4, 0.5) is 4.39 Å². The minimum absolute atomic E-state index is 0.177. The van der Waals surface area contributed by atoms with Gasteiger partial charge < -0.3 is 5.11 Å². The van der Waals surface area contributed by atoms with Gasteiger partial charge in [-0.15, -0.1) is 0 Å². The van der Waals surface area contributed by atoms with E-state index in [9.17, 15) is 9.50 Å². The van der Waals surface area contributed by atoms with Gasteiger partial charge in [0.1, 0.15) is 5.82 Å². The number of aliphatic hydroxyl groups is 1. The van der Waals surface area contributed by atoms with E-state index in [-0.39, 0.29) is 11.7 Å². The number of halogens is 2. The minimum Gasteiger partial charge on any atom is -0.388 e. The lowest BCUT2D eigenvalue weighted by atomic mass is 9.82. The van der Waals surface area contributed by atoms with Crippen LogP contribution in [0.15, 0.2) is 12.1 Å². The van der Waals surface area contributed by atoms with Crippen LogP contribution in [0.1, 0.15) is 49.3 Å². The van der Waals surface area contributed by atoms with Crippen molar-refractivity contribution < 1.29 is 9.50 Å². The second kappa shape index (κ2) is 5.36. The van der Waals surface area contributed by atoms with Gasteiger partial charge in [0.05, 0.1) is 6.10 Å². The van der Waals surface area contributed by atoms with E-state index in [4.69, 9.17) is 11.6 Å². The van der Waals surface area contributed by atoms with E-state index >= 15 is 0 Å². The van der Waals surface area contributed by atoms with E-state index in [0.717, 1.165) is 25.7 Å². The minimum atomic E-state index is -0.715. The molecule has 1 N–H and O–H groups in total. The van der Waals surface area contributed by atoms with Gasteiger partial charge in [-0.1, -0.05) is 30.9 Å². The zero-order chi connectivity index (χ0) is 12.4. The molecule has 2 rings (SSSR count). The fraction of sp³-hybridized carbons (Fsp3) is 0.571. The second-order valence-corrected chi connectivity index (χ2v) is 5.41. The SMILES string of the molecule is Cc1cc(Cl)cc(C(O)C2CCCCC2)c1F. The summed E-state index contributed by atoms with van der Waals surface area (Å²) in [6.07, 6.45) is 4.72. The number of benzene rings is 1. The Morgan fingerprint density at radius 2 is 1.94 bits per heavy atom. The van der Waals surface area contributed by atoms with Gasteiger partial charge in [0, 0.05) is 10.6 Å². The molecule has 1 nitrogen and oxygen atoms in total. The molecule has 0 aromatic heterocycles. The first kappa shape index (κ1) is 12.8. The fourth-order valence-electron chi connectivity index (χ4n) is 2.67. The molecule has 0 saturated heterocycles. The third kappa shape index (κ3) is 2.80. The van der Waals surface area contributed by atoms with Crippen LogP contribution in [0.2, 0.25) is 5.02 Å². The van der Waals surface area contributed by atoms with Crippen molar-refractivity contribution >= 4 is 11.6 Å². The maximum Gasteiger partial charge on any atom is 0.132 e. The van der Waals surface area contributed by atoms with Crippen LogP contribution in [0, 0.1) is 18.7 Å². The summed E-state index contributed by atoms with van der Waals surface area (Å²) in [5.74, 6) is -0.136. The first-order valence-electron chi connectivity index (χ1n) is 6.23. The van der Waals surface area contributed by atoms with E-state index in [0.29, 0.717) is 16.1 Å². The largest absolute Gasteiger partial charge is 0.388 e. The Morgan fingerprint density at radius 1 is 1.29 bits per heavy atom. The molecule has 1 fully saturated rings. The van der Waals surface area contributed by atoms with Crippen molar-refractivity contribution in [2.45, 2.75) is 45.1 Å². The lowest BCUT2D eigenvalue weighted by molar-refractivity contribution is 0.0815. The van der Waals surface area contributed by atoms with Crippen LogP contribution < -0.4 is 0 Å². The molecule has 1 aromatic rings. The molecule has 1 aliphatic carbocycles. The van der Waals surface area contributed by atoms with Crippen molar-refractivity contribution in [3.63, 3.8) is 0 Å². The first-order valence-corrected chi connectivity index (χ1v) is 6.61. The first-order chi connectivity index (χ1) is 8.09. The Hall–Kier alpha value is -0.600. The maximum atomic E-state index is 14.0. The smallest absolute Gasteiger partial charge is 0.132 e. The molecule has 1 aromatic carbocycles. The van der Waals surface area contributed by atoms with Crippen LogP contribution in [-0.4, -0.2) is 5.11 Å². The summed E-state index contributed by atoms with van der Waals surface area (Å²) in [4.78, 5) is 0. The van der Waals surface area contributed by atoms with Crippen molar-refractivity contribution in [3.05, 3.63) is 34.1 Å². The van der Waals surface area contributed by atoms with Gasteiger partial charge >= 0.3 is 0 Å². The number of hydrogen-bond donors (Lipinski definition) is 1.